The number of carboxylic acids is 1. The Balaban J connectivity index is 1.48. The summed E-state index contributed by atoms with van der Waals surface area (Å²) in [6.07, 6.45) is 13.0. The van der Waals surface area contributed by atoms with Crippen LogP contribution in [0.2, 0.25) is 0 Å². The van der Waals surface area contributed by atoms with Gasteiger partial charge < -0.3 is 24.5 Å². The predicted molar refractivity (Wildman–Crippen MR) is 127 cm³/mol. The molecule has 0 radical (unpaired) electrons. The Kier molecular flexibility index (Phi) is 8.67. The molecule has 0 saturated heterocycles. The molecule has 2 aromatic heterocycles. The van der Waals surface area contributed by atoms with Crippen molar-refractivity contribution in [3.63, 3.8) is 0 Å². The minimum absolute atomic E-state index is 0.189. The molecule has 1 aliphatic carbocycles. The first-order chi connectivity index (χ1) is 16.2. The normalized spacial score (nSPS) is 18.9. The minimum Gasteiger partial charge on any atom is -0.490 e. The standard InChI is InChI=1S/C25H34N4O5/c1-25(2,3)34-24(32)27-12-4-5-18(23(30)31)15-19-16-29(17-28-19)20-6-8-21(9-7-20)33-22-10-13-26-14-11-22/h10-11,13-17,20-21H,4-9,12H2,1-3H3,(H,27,32)(H,30,31)/t20-,21-. The quantitative estimate of drug-likeness (QED) is 0.406. The van der Waals surface area contributed by atoms with Gasteiger partial charge in [0.05, 0.1) is 18.1 Å². The number of nitrogens with one attached hydrogen (secondary N) is 1. The summed E-state index contributed by atoms with van der Waals surface area (Å²) < 4.78 is 13.3. The van der Waals surface area contributed by atoms with Gasteiger partial charge in [0.1, 0.15) is 11.4 Å². The van der Waals surface area contributed by atoms with E-state index in [-0.39, 0.29) is 11.7 Å². The summed E-state index contributed by atoms with van der Waals surface area (Å²) in [7, 11) is 0. The molecule has 0 atom stereocenters. The highest BCUT2D eigenvalue weighted by molar-refractivity contribution is 5.91. The molecule has 0 spiro atoms. The van der Waals surface area contributed by atoms with Crippen molar-refractivity contribution in [3.05, 3.63) is 48.3 Å². The number of aliphatic carboxylic acids is 1. The topological polar surface area (TPSA) is 116 Å². The van der Waals surface area contributed by atoms with Gasteiger partial charge in [-0.15, -0.1) is 0 Å². The number of hydrogen-bond donors (Lipinski definition) is 2. The number of amides is 1. The smallest absolute Gasteiger partial charge is 0.407 e. The first kappa shape index (κ1) is 25.3. The molecule has 2 heterocycles. The maximum Gasteiger partial charge on any atom is 0.407 e. The summed E-state index contributed by atoms with van der Waals surface area (Å²) in [5, 5.41) is 12.2. The Hall–Kier alpha value is -3.36. The number of nitrogens with zero attached hydrogens (tertiary/aromatic N) is 3. The Morgan fingerprint density at radius 1 is 1.21 bits per heavy atom. The van der Waals surface area contributed by atoms with Crippen molar-refractivity contribution in [3.8, 4) is 5.75 Å². The molecule has 0 aliphatic heterocycles. The highest BCUT2D eigenvalue weighted by Crippen LogP contribution is 2.31. The first-order valence-electron chi connectivity index (χ1n) is 11.7. The van der Waals surface area contributed by atoms with Gasteiger partial charge in [-0.3, -0.25) is 4.98 Å². The van der Waals surface area contributed by atoms with Gasteiger partial charge in [0.25, 0.3) is 0 Å². The van der Waals surface area contributed by atoms with Gasteiger partial charge in [-0.2, -0.15) is 0 Å². The number of carbonyl (C=O) groups is 2. The Labute approximate surface area is 200 Å². The second-order valence-electron chi connectivity index (χ2n) is 9.48. The van der Waals surface area contributed by atoms with Crippen LogP contribution in [0.4, 0.5) is 4.79 Å². The van der Waals surface area contributed by atoms with Crippen molar-refractivity contribution in [2.24, 2.45) is 0 Å². The monoisotopic (exact) mass is 470 g/mol. The number of hydrogen-bond acceptors (Lipinski definition) is 6. The number of carboxylic acid groups (broad SMARTS) is 1. The fourth-order valence-electron chi connectivity index (χ4n) is 3.90. The molecular formula is C25H34N4O5. The predicted octanol–water partition coefficient (Wildman–Crippen LogP) is 4.61. The fraction of sp³-hybridized carbons (Fsp3) is 0.520. The molecule has 1 saturated carbocycles. The van der Waals surface area contributed by atoms with E-state index in [1.54, 1.807) is 45.6 Å². The van der Waals surface area contributed by atoms with Crippen molar-refractivity contribution in [2.45, 2.75) is 77.0 Å². The molecule has 2 N–H and O–H groups in total. The number of imidazole rings is 1. The molecule has 9 heteroatoms. The molecule has 1 amide bonds. The summed E-state index contributed by atoms with van der Waals surface area (Å²) in [5.74, 6) is -0.142. The summed E-state index contributed by atoms with van der Waals surface area (Å²) in [4.78, 5) is 31.8. The van der Waals surface area contributed by atoms with Crippen molar-refractivity contribution in [2.75, 3.05) is 6.54 Å². The third-order valence-electron chi connectivity index (χ3n) is 5.53. The molecule has 0 aromatic carbocycles. The molecule has 0 unspecified atom stereocenters. The summed E-state index contributed by atoms with van der Waals surface area (Å²) in [6, 6.07) is 4.06. The van der Waals surface area contributed by atoms with Gasteiger partial charge in [0, 0.05) is 36.8 Å². The lowest BCUT2D eigenvalue weighted by Crippen LogP contribution is -2.33. The molecular weight excluding hydrogens is 436 g/mol. The van der Waals surface area contributed by atoms with Crippen LogP contribution in [0.3, 0.4) is 0 Å². The van der Waals surface area contributed by atoms with Crippen LogP contribution >= 0.6 is 0 Å². The zero-order valence-electron chi connectivity index (χ0n) is 20.1. The number of ether oxygens (including phenoxy) is 2. The number of alkyl carbamates (subject to hydrolysis) is 1. The number of rotatable bonds is 9. The van der Waals surface area contributed by atoms with Crippen LogP contribution in [0.25, 0.3) is 6.08 Å². The molecule has 184 valence electrons. The first-order valence-corrected chi connectivity index (χ1v) is 11.7. The molecule has 0 bridgehead atoms. The van der Waals surface area contributed by atoms with Crippen molar-refractivity contribution < 1.29 is 24.2 Å². The molecule has 2 aromatic rings. The highest BCUT2D eigenvalue weighted by Gasteiger charge is 2.24. The third kappa shape index (κ3) is 8.20. The zero-order chi connectivity index (χ0) is 24.6. The molecule has 3 rings (SSSR count). The lowest BCUT2D eigenvalue weighted by atomic mass is 9.93. The molecule has 1 fully saturated rings. The van der Waals surface area contributed by atoms with E-state index in [1.807, 2.05) is 18.3 Å². The summed E-state index contributed by atoms with van der Waals surface area (Å²) >= 11 is 0. The van der Waals surface area contributed by atoms with Crippen molar-refractivity contribution in [1.82, 2.24) is 19.9 Å². The van der Waals surface area contributed by atoms with Crippen LogP contribution in [0.1, 0.15) is 71.0 Å². The second-order valence-corrected chi connectivity index (χ2v) is 9.48. The van der Waals surface area contributed by atoms with Gasteiger partial charge in [0.2, 0.25) is 0 Å². The van der Waals surface area contributed by atoms with Gasteiger partial charge in [0.15, 0.2) is 0 Å². The van der Waals surface area contributed by atoms with Gasteiger partial charge >= 0.3 is 12.1 Å². The Morgan fingerprint density at radius 2 is 1.91 bits per heavy atom. The number of pyridine rings is 1. The van der Waals surface area contributed by atoms with Crippen LogP contribution in [-0.2, 0) is 9.53 Å². The fourth-order valence-corrected chi connectivity index (χ4v) is 3.90. The van der Waals surface area contributed by atoms with Crippen LogP contribution in [0.15, 0.2) is 42.6 Å². The zero-order valence-corrected chi connectivity index (χ0v) is 20.1. The molecule has 9 nitrogen and oxygen atoms in total. The van der Waals surface area contributed by atoms with Gasteiger partial charge in [-0.1, -0.05) is 0 Å². The van der Waals surface area contributed by atoms with E-state index in [4.69, 9.17) is 9.47 Å². The lowest BCUT2D eigenvalue weighted by Gasteiger charge is -2.29. The summed E-state index contributed by atoms with van der Waals surface area (Å²) in [6.45, 7) is 5.70. The van der Waals surface area contributed by atoms with Gasteiger partial charge in [-0.25, -0.2) is 14.6 Å². The van der Waals surface area contributed by atoms with Crippen LogP contribution in [0, 0.1) is 0 Å². The van der Waals surface area contributed by atoms with E-state index in [9.17, 15) is 14.7 Å². The van der Waals surface area contributed by atoms with Crippen molar-refractivity contribution >= 4 is 18.1 Å². The number of aromatic nitrogens is 3. The van der Waals surface area contributed by atoms with Gasteiger partial charge in [-0.05, 0) is 77.5 Å². The maximum absolute atomic E-state index is 11.7. The highest BCUT2D eigenvalue weighted by atomic mass is 16.6. The van der Waals surface area contributed by atoms with Crippen LogP contribution in [-0.4, -0.2) is 50.0 Å². The average molecular weight is 471 g/mol. The Morgan fingerprint density at radius 3 is 2.56 bits per heavy atom. The maximum atomic E-state index is 11.7. The Bertz CT molecular complexity index is 973. The molecule has 1 aliphatic rings. The molecule has 34 heavy (non-hydrogen) atoms. The minimum atomic E-state index is -0.986. The van der Waals surface area contributed by atoms with E-state index in [2.05, 4.69) is 19.9 Å². The average Bonchev–Trinajstić information content (AvgIpc) is 3.24. The SMILES string of the molecule is CC(C)(C)OC(=O)NCCCC(=Cc1cn([C@H]2CC[C@H](Oc3ccncc3)CC2)cn1)C(=O)O. The van der Waals surface area contributed by atoms with E-state index in [0.717, 1.165) is 31.4 Å². The van der Waals surface area contributed by atoms with E-state index < -0.39 is 17.7 Å². The summed E-state index contributed by atoms with van der Waals surface area (Å²) in [5.41, 5.74) is 0.305. The second kappa shape index (κ2) is 11.7. The third-order valence-corrected chi connectivity index (χ3v) is 5.53. The largest absolute Gasteiger partial charge is 0.490 e. The van der Waals surface area contributed by atoms with E-state index >= 15 is 0 Å². The van der Waals surface area contributed by atoms with Crippen LogP contribution in [0.5, 0.6) is 5.75 Å². The van der Waals surface area contributed by atoms with E-state index in [0.29, 0.717) is 31.1 Å². The van der Waals surface area contributed by atoms with Crippen LogP contribution < -0.4 is 10.1 Å². The van der Waals surface area contributed by atoms with E-state index in [1.165, 1.54) is 0 Å². The lowest BCUT2D eigenvalue weighted by molar-refractivity contribution is -0.132. The number of carbonyl (C=O) groups excluding carboxylic acids is 1. The van der Waals surface area contributed by atoms with Crippen molar-refractivity contribution in [1.29, 1.82) is 0 Å².